The third kappa shape index (κ3) is 5.30. The highest BCUT2D eigenvalue weighted by molar-refractivity contribution is 6.00. The zero-order chi connectivity index (χ0) is 20.4. The summed E-state index contributed by atoms with van der Waals surface area (Å²) in [4.78, 5) is 12.2. The predicted octanol–water partition coefficient (Wildman–Crippen LogP) is 3.87. The van der Waals surface area contributed by atoms with Gasteiger partial charge in [-0.2, -0.15) is 26.3 Å². The van der Waals surface area contributed by atoms with Crippen LogP contribution in [0.5, 0.6) is 0 Å². The van der Waals surface area contributed by atoms with Gasteiger partial charge in [0.1, 0.15) is 6.10 Å². The van der Waals surface area contributed by atoms with Crippen LogP contribution in [0.15, 0.2) is 48.5 Å². The van der Waals surface area contributed by atoms with Crippen molar-refractivity contribution in [2.24, 2.45) is 0 Å². The lowest BCUT2D eigenvalue weighted by molar-refractivity contribution is -0.143. The number of ketones is 1. The van der Waals surface area contributed by atoms with Crippen LogP contribution in [0.2, 0.25) is 0 Å². The molecule has 0 aromatic heterocycles. The van der Waals surface area contributed by atoms with Gasteiger partial charge in [0, 0.05) is 12.0 Å². The number of alkyl halides is 6. The van der Waals surface area contributed by atoms with Gasteiger partial charge in [-0.15, -0.1) is 0 Å². The molecule has 0 aliphatic rings. The molecule has 0 bridgehead atoms. The number of benzene rings is 2. The van der Waals surface area contributed by atoms with Gasteiger partial charge in [-0.3, -0.25) is 4.79 Å². The van der Waals surface area contributed by atoms with E-state index < -0.39 is 47.0 Å². The highest BCUT2D eigenvalue weighted by atomic mass is 19.4. The average molecular weight is 392 g/mol. The van der Waals surface area contributed by atoms with Gasteiger partial charge in [-0.05, 0) is 23.8 Å². The van der Waals surface area contributed by atoms with E-state index in [1.165, 1.54) is 0 Å². The van der Waals surface area contributed by atoms with Crippen molar-refractivity contribution >= 4 is 5.78 Å². The van der Waals surface area contributed by atoms with Crippen molar-refractivity contribution in [3.63, 3.8) is 0 Å². The maximum Gasteiger partial charge on any atom is 0.416 e. The van der Waals surface area contributed by atoms with Gasteiger partial charge in [-0.1, -0.05) is 30.3 Å². The first kappa shape index (κ1) is 20.9. The summed E-state index contributed by atoms with van der Waals surface area (Å²) in [7, 11) is 0. The zero-order valence-electron chi connectivity index (χ0n) is 13.6. The Bertz CT molecular complexity index is 767. The summed E-state index contributed by atoms with van der Waals surface area (Å²) in [6.45, 7) is 0. The summed E-state index contributed by atoms with van der Waals surface area (Å²) in [5, 5.41) is 19.9. The summed E-state index contributed by atoms with van der Waals surface area (Å²) >= 11 is 0. The molecular weight excluding hydrogens is 378 g/mol. The molecule has 0 saturated carbocycles. The van der Waals surface area contributed by atoms with E-state index in [4.69, 9.17) is 0 Å². The predicted molar refractivity (Wildman–Crippen MR) is 82.9 cm³/mol. The van der Waals surface area contributed by atoms with E-state index in [-0.39, 0.29) is 24.6 Å². The minimum absolute atomic E-state index is 0.121. The van der Waals surface area contributed by atoms with Crippen LogP contribution < -0.4 is 0 Å². The van der Waals surface area contributed by atoms with Crippen LogP contribution in [0.1, 0.15) is 27.0 Å². The van der Waals surface area contributed by atoms with Crippen LogP contribution in [0.25, 0.3) is 0 Å². The van der Waals surface area contributed by atoms with Gasteiger partial charge >= 0.3 is 12.4 Å². The minimum atomic E-state index is -5.12. The van der Waals surface area contributed by atoms with Crippen molar-refractivity contribution in [1.29, 1.82) is 0 Å². The molecule has 0 saturated heterocycles. The molecule has 0 aliphatic carbocycles. The van der Waals surface area contributed by atoms with Crippen LogP contribution in [-0.2, 0) is 18.8 Å². The van der Waals surface area contributed by atoms with E-state index >= 15 is 0 Å². The van der Waals surface area contributed by atoms with Gasteiger partial charge in [0.25, 0.3) is 0 Å². The first-order chi connectivity index (χ1) is 12.4. The second-order valence-corrected chi connectivity index (χ2v) is 5.86. The number of halogens is 6. The molecule has 0 radical (unpaired) electrons. The SMILES string of the molecule is O=C(c1cc(C(F)(F)F)cc(C(F)(F)F)c1)[C@@H](O)[C@H](O)Cc1ccccc1. The normalized spacial score (nSPS) is 14.7. The first-order valence-corrected chi connectivity index (χ1v) is 7.63. The third-order valence-corrected chi connectivity index (χ3v) is 3.79. The molecule has 0 amide bonds. The third-order valence-electron chi connectivity index (χ3n) is 3.79. The smallest absolute Gasteiger partial charge is 0.390 e. The molecule has 2 N–H and O–H groups in total. The Labute approximate surface area is 149 Å². The van der Waals surface area contributed by atoms with Crippen molar-refractivity contribution in [1.82, 2.24) is 0 Å². The molecule has 0 aliphatic heterocycles. The Hall–Kier alpha value is -2.39. The zero-order valence-corrected chi connectivity index (χ0v) is 13.6. The summed E-state index contributed by atoms with van der Waals surface area (Å²) in [6.07, 6.45) is -14.3. The molecule has 2 atom stereocenters. The Morgan fingerprint density at radius 1 is 0.852 bits per heavy atom. The number of carbonyl (C=O) groups excluding carboxylic acids is 1. The quantitative estimate of drug-likeness (QED) is 0.600. The molecule has 0 fully saturated rings. The highest BCUT2D eigenvalue weighted by Gasteiger charge is 2.38. The van der Waals surface area contributed by atoms with E-state index in [0.29, 0.717) is 5.56 Å². The molecule has 0 heterocycles. The van der Waals surface area contributed by atoms with E-state index in [9.17, 15) is 41.4 Å². The maximum absolute atomic E-state index is 12.9. The summed E-state index contributed by atoms with van der Waals surface area (Å²) in [6, 6.07) is 8.39. The monoisotopic (exact) mass is 392 g/mol. The number of aliphatic hydroxyl groups excluding tert-OH is 2. The Morgan fingerprint density at radius 3 is 1.78 bits per heavy atom. The Kier molecular flexibility index (Phi) is 5.96. The largest absolute Gasteiger partial charge is 0.416 e. The van der Waals surface area contributed by atoms with Crippen molar-refractivity contribution in [3.8, 4) is 0 Å². The maximum atomic E-state index is 12.9. The van der Waals surface area contributed by atoms with E-state index in [2.05, 4.69) is 0 Å². The molecule has 0 spiro atoms. The summed E-state index contributed by atoms with van der Waals surface area (Å²) in [5.74, 6) is -1.44. The van der Waals surface area contributed by atoms with Crippen molar-refractivity contribution in [2.75, 3.05) is 0 Å². The first-order valence-electron chi connectivity index (χ1n) is 7.63. The second-order valence-electron chi connectivity index (χ2n) is 5.86. The number of hydrogen-bond donors (Lipinski definition) is 2. The molecular formula is C18H14F6O3. The topological polar surface area (TPSA) is 57.5 Å². The molecule has 27 heavy (non-hydrogen) atoms. The fourth-order valence-electron chi connectivity index (χ4n) is 2.41. The molecule has 3 nitrogen and oxygen atoms in total. The number of hydrogen-bond acceptors (Lipinski definition) is 3. The minimum Gasteiger partial charge on any atom is -0.390 e. The van der Waals surface area contributed by atoms with Gasteiger partial charge < -0.3 is 10.2 Å². The second kappa shape index (κ2) is 7.69. The molecule has 0 unspecified atom stereocenters. The average Bonchev–Trinajstić information content (AvgIpc) is 2.59. The lowest BCUT2D eigenvalue weighted by Gasteiger charge is -2.19. The summed E-state index contributed by atoms with van der Waals surface area (Å²) in [5.41, 5.74) is -3.82. The van der Waals surface area contributed by atoms with Crippen LogP contribution in [0, 0.1) is 0 Å². The Balaban J connectivity index is 2.33. The number of Topliss-reactive ketones (excluding diaryl/α,β-unsaturated/α-hetero) is 1. The number of rotatable bonds is 5. The molecule has 2 aromatic carbocycles. The van der Waals surface area contributed by atoms with E-state index in [1.54, 1.807) is 30.3 Å². The molecule has 2 aromatic rings. The molecule has 9 heteroatoms. The summed E-state index contributed by atoms with van der Waals surface area (Å²) < 4.78 is 77.1. The fourth-order valence-corrected chi connectivity index (χ4v) is 2.41. The lowest BCUT2D eigenvalue weighted by Crippen LogP contribution is -2.35. The van der Waals surface area contributed by atoms with Crippen molar-refractivity contribution in [2.45, 2.75) is 31.0 Å². The lowest BCUT2D eigenvalue weighted by atomic mass is 9.95. The van der Waals surface area contributed by atoms with Crippen LogP contribution in [-0.4, -0.2) is 28.2 Å². The van der Waals surface area contributed by atoms with Gasteiger partial charge in [0.05, 0.1) is 17.2 Å². The van der Waals surface area contributed by atoms with Crippen molar-refractivity contribution in [3.05, 3.63) is 70.8 Å². The highest BCUT2D eigenvalue weighted by Crippen LogP contribution is 2.36. The Morgan fingerprint density at radius 2 is 1.33 bits per heavy atom. The van der Waals surface area contributed by atoms with Crippen molar-refractivity contribution < 1.29 is 41.4 Å². The fraction of sp³-hybridized carbons (Fsp3) is 0.278. The van der Waals surface area contributed by atoms with Crippen LogP contribution in [0.4, 0.5) is 26.3 Å². The van der Waals surface area contributed by atoms with Gasteiger partial charge in [0.2, 0.25) is 0 Å². The number of aliphatic hydroxyl groups is 2. The van der Waals surface area contributed by atoms with Gasteiger partial charge in [0.15, 0.2) is 5.78 Å². The van der Waals surface area contributed by atoms with E-state index in [1.807, 2.05) is 0 Å². The number of carbonyl (C=O) groups is 1. The van der Waals surface area contributed by atoms with E-state index in [0.717, 1.165) is 0 Å². The standard InChI is InChI=1S/C18H14F6O3/c19-17(20,21)12-7-11(8-13(9-12)18(22,23)24)15(26)16(27)14(25)6-10-4-2-1-3-5-10/h1-5,7-9,14,16,25,27H,6H2/t14-,16+/m1/s1. The van der Waals surface area contributed by atoms with Crippen LogP contribution >= 0.6 is 0 Å². The molecule has 146 valence electrons. The molecule has 2 rings (SSSR count). The van der Waals surface area contributed by atoms with Crippen LogP contribution in [0.3, 0.4) is 0 Å². The van der Waals surface area contributed by atoms with Gasteiger partial charge in [-0.25, -0.2) is 0 Å².